The van der Waals surface area contributed by atoms with Gasteiger partial charge in [0.05, 0.1) is 32.0 Å². The van der Waals surface area contributed by atoms with Gasteiger partial charge in [0.1, 0.15) is 0 Å². The van der Waals surface area contributed by atoms with Crippen LogP contribution in [-0.2, 0) is 11.3 Å². The summed E-state index contributed by atoms with van der Waals surface area (Å²) >= 11 is 0. The molecule has 1 N–H and O–H groups in total. The van der Waals surface area contributed by atoms with Gasteiger partial charge in [-0.3, -0.25) is 9.59 Å². The molecule has 0 saturated carbocycles. The van der Waals surface area contributed by atoms with E-state index in [2.05, 4.69) is 5.32 Å². The summed E-state index contributed by atoms with van der Waals surface area (Å²) in [4.78, 5) is 27.2. The minimum Gasteiger partial charge on any atom is -0.493 e. The molecule has 2 aromatic rings. The largest absolute Gasteiger partial charge is 0.493 e. The van der Waals surface area contributed by atoms with Crippen LogP contribution in [-0.4, -0.2) is 51.2 Å². The number of benzene rings is 2. The molecule has 1 heterocycles. The number of anilines is 1. The lowest BCUT2D eigenvalue weighted by atomic mass is 10.0. The van der Waals surface area contributed by atoms with Crippen LogP contribution in [0.25, 0.3) is 0 Å². The molecule has 0 saturated heterocycles. The zero-order valence-corrected chi connectivity index (χ0v) is 15.6. The summed E-state index contributed by atoms with van der Waals surface area (Å²) < 4.78 is 15.5. The lowest BCUT2D eigenvalue weighted by molar-refractivity contribution is 0.0716. The Morgan fingerprint density at radius 3 is 2.59 bits per heavy atom. The van der Waals surface area contributed by atoms with E-state index >= 15 is 0 Å². The van der Waals surface area contributed by atoms with Crippen molar-refractivity contribution in [1.29, 1.82) is 0 Å². The second-order valence-corrected chi connectivity index (χ2v) is 6.08. The molecule has 0 aliphatic carbocycles. The predicted molar refractivity (Wildman–Crippen MR) is 101 cm³/mol. The van der Waals surface area contributed by atoms with Crippen molar-refractivity contribution in [2.24, 2.45) is 0 Å². The van der Waals surface area contributed by atoms with Gasteiger partial charge in [-0.25, -0.2) is 0 Å². The molecule has 3 rings (SSSR count). The molecular formula is C20H22N2O5. The highest BCUT2D eigenvalue weighted by Crippen LogP contribution is 2.31. The van der Waals surface area contributed by atoms with Crippen molar-refractivity contribution in [2.75, 3.05) is 39.8 Å². The van der Waals surface area contributed by atoms with E-state index in [4.69, 9.17) is 14.2 Å². The first-order valence-corrected chi connectivity index (χ1v) is 8.52. The highest BCUT2D eigenvalue weighted by Gasteiger charge is 2.31. The molecule has 142 valence electrons. The summed E-state index contributed by atoms with van der Waals surface area (Å²) in [6.07, 6.45) is 0. The molecule has 2 aromatic carbocycles. The maximum absolute atomic E-state index is 12.8. The Bertz CT molecular complexity index is 865. The van der Waals surface area contributed by atoms with Gasteiger partial charge in [-0.15, -0.1) is 0 Å². The fraction of sp³-hybridized carbons (Fsp3) is 0.300. The summed E-state index contributed by atoms with van der Waals surface area (Å²) in [5.41, 5.74) is 2.20. The van der Waals surface area contributed by atoms with E-state index in [9.17, 15) is 9.59 Å². The molecule has 2 amide bonds. The van der Waals surface area contributed by atoms with Crippen LogP contribution in [0.1, 0.15) is 26.3 Å². The number of nitrogens with one attached hydrogen (secondary N) is 1. The molecule has 27 heavy (non-hydrogen) atoms. The molecule has 7 heteroatoms. The third-order valence-electron chi connectivity index (χ3n) is 4.46. The first-order valence-electron chi connectivity index (χ1n) is 8.52. The molecule has 7 nitrogen and oxygen atoms in total. The van der Waals surface area contributed by atoms with Crippen molar-refractivity contribution in [2.45, 2.75) is 6.54 Å². The van der Waals surface area contributed by atoms with Crippen LogP contribution in [0.2, 0.25) is 0 Å². The number of carbonyl (C=O) groups excluding carboxylic acids is 2. The fourth-order valence-corrected chi connectivity index (χ4v) is 3.10. The number of amides is 2. The van der Waals surface area contributed by atoms with Gasteiger partial charge in [0.25, 0.3) is 11.8 Å². The zero-order valence-electron chi connectivity index (χ0n) is 15.6. The SMILES string of the molecule is COCCN1Cc2cccc(C(=O)Nc3ccc(OC)c(OC)c3)c2C1=O. The van der Waals surface area contributed by atoms with E-state index in [1.54, 1.807) is 49.5 Å². The van der Waals surface area contributed by atoms with Crippen molar-refractivity contribution < 1.29 is 23.8 Å². The molecule has 0 fully saturated rings. The summed E-state index contributed by atoms with van der Waals surface area (Å²) in [6.45, 7) is 1.42. The fourth-order valence-electron chi connectivity index (χ4n) is 3.10. The lowest BCUT2D eigenvalue weighted by Crippen LogP contribution is -2.28. The van der Waals surface area contributed by atoms with Gasteiger partial charge < -0.3 is 24.4 Å². The van der Waals surface area contributed by atoms with Gasteiger partial charge in [0.2, 0.25) is 0 Å². The summed E-state index contributed by atoms with van der Waals surface area (Å²) in [5, 5.41) is 2.82. The van der Waals surface area contributed by atoms with Crippen molar-refractivity contribution in [3.63, 3.8) is 0 Å². The molecule has 0 radical (unpaired) electrons. The van der Waals surface area contributed by atoms with Crippen LogP contribution in [0.5, 0.6) is 11.5 Å². The molecule has 1 aliphatic heterocycles. The van der Waals surface area contributed by atoms with Crippen LogP contribution in [0.3, 0.4) is 0 Å². The van der Waals surface area contributed by atoms with E-state index in [1.807, 2.05) is 6.07 Å². The van der Waals surface area contributed by atoms with Gasteiger partial charge in [0.15, 0.2) is 11.5 Å². The number of methoxy groups -OCH3 is 3. The Morgan fingerprint density at radius 2 is 1.89 bits per heavy atom. The minimum atomic E-state index is -0.346. The van der Waals surface area contributed by atoms with Crippen molar-refractivity contribution in [1.82, 2.24) is 4.90 Å². The van der Waals surface area contributed by atoms with E-state index in [0.717, 1.165) is 5.56 Å². The maximum Gasteiger partial charge on any atom is 0.256 e. The number of hydrogen-bond acceptors (Lipinski definition) is 5. The van der Waals surface area contributed by atoms with E-state index in [0.29, 0.717) is 48.0 Å². The maximum atomic E-state index is 12.8. The van der Waals surface area contributed by atoms with Gasteiger partial charge in [-0.05, 0) is 23.8 Å². The van der Waals surface area contributed by atoms with E-state index in [1.165, 1.54) is 7.11 Å². The van der Waals surface area contributed by atoms with Crippen LogP contribution in [0, 0.1) is 0 Å². The molecule has 1 aliphatic rings. The Kier molecular flexibility index (Phi) is 5.61. The minimum absolute atomic E-state index is 0.153. The second-order valence-electron chi connectivity index (χ2n) is 6.08. The van der Waals surface area contributed by atoms with Crippen LogP contribution in [0.4, 0.5) is 5.69 Å². The van der Waals surface area contributed by atoms with Gasteiger partial charge >= 0.3 is 0 Å². The first kappa shape index (κ1) is 18.7. The third-order valence-corrected chi connectivity index (χ3v) is 4.46. The topological polar surface area (TPSA) is 77.1 Å². The zero-order chi connectivity index (χ0) is 19.4. The number of ether oxygens (including phenoxy) is 3. The average Bonchev–Trinajstić information content (AvgIpc) is 3.02. The highest BCUT2D eigenvalue weighted by atomic mass is 16.5. The Morgan fingerprint density at radius 1 is 1.11 bits per heavy atom. The van der Waals surface area contributed by atoms with Crippen molar-refractivity contribution in [3.8, 4) is 11.5 Å². The predicted octanol–water partition coefficient (Wildman–Crippen LogP) is 2.56. The van der Waals surface area contributed by atoms with Crippen LogP contribution >= 0.6 is 0 Å². The van der Waals surface area contributed by atoms with Crippen LogP contribution < -0.4 is 14.8 Å². The van der Waals surface area contributed by atoms with E-state index < -0.39 is 0 Å². The third kappa shape index (κ3) is 3.73. The molecule has 0 unspecified atom stereocenters. The Balaban J connectivity index is 1.84. The molecule has 0 aromatic heterocycles. The highest BCUT2D eigenvalue weighted by molar-refractivity contribution is 6.13. The van der Waals surface area contributed by atoms with Gasteiger partial charge in [-0.2, -0.15) is 0 Å². The standard InChI is InChI=1S/C20H22N2O5/c1-25-10-9-22-12-13-5-4-6-15(18(13)20(22)24)19(23)21-14-7-8-16(26-2)17(11-14)27-3/h4-8,11H,9-10,12H2,1-3H3,(H,21,23). The first-order chi connectivity index (χ1) is 13.1. The lowest BCUT2D eigenvalue weighted by Gasteiger charge is -2.14. The number of hydrogen-bond donors (Lipinski definition) is 1. The average molecular weight is 370 g/mol. The quantitative estimate of drug-likeness (QED) is 0.811. The Hall–Kier alpha value is -3.06. The summed E-state index contributed by atoms with van der Waals surface area (Å²) in [5.74, 6) is 0.580. The smallest absolute Gasteiger partial charge is 0.256 e. The summed E-state index contributed by atoms with van der Waals surface area (Å²) in [6, 6.07) is 10.4. The molecule has 0 atom stereocenters. The van der Waals surface area contributed by atoms with Crippen LogP contribution in [0.15, 0.2) is 36.4 Å². The van der Waals surface area contributed by atoms with Gasteiger partial charge in [-0.1, -0.05) is 12.1 Å². The normalized spacial score (nSPS) is 12.7. The number of carbonyl (C=O) groups is 2. The monoisotopic (exact) mass is 370 g/mol. The molecular weight excluding hydrogens is 348 g/mol. The number of fused-ring (bicyclic) bond motifs is 1. The number of nitrogens with zero attached hydrogens (tertiary/aromatic N) is 1. The van der Waals surface area contributed by atoms with Gasteiger partial charge in [0, 0.05) is 32.0 Å². The summed E-state index contributed by atoms with van der Waals surface area (Å²) in [7, 11) is 4.67. The molecule has 0 bridgehead atoms. The molecule has 0 spiro atoms. The second kappa shape index (κ2) is 8.09. The Labute approximate surface area is 157 Å². The van der Waals surface area contributed by atoms with Crippen molar-refractivity contribution >= 4 is 17.5 Å². The van der Waals surface area contributed by atoms with E-state index in [-0.39, 0.29) is 11.8 Å². The number of rotatable bonds is 7. The van der Waals surface area contributed by atoms with Crippen molar-refractivity contribution in [3.05, 3.63) is 53.1 Å².